The summed E-state index contributed by atoms with van der Waals surface area (Å²) in [5.74, 6) is -0.407. The number of ketones is 1. The molecule has 3 fully saturated rings. The van der Waals surface area contributed by atoms with Crippen LogP contribution in [0.1, 0.15) is 68.4 Å². The highest BCUT2D eigenvalue weighted by Gasteiger charge is 2.60. The van der Waals surface area contributed by atoms with Gasteiger partial charge in [-0.3, -0.25) is 14.4 Å². The Labute approximate surface area is 237 Å². The number of likely N-dealkylation sites (tertiary alicyclic amines) is 1. The van der Waals surface area contributed by atoms with Gasteiger partial charge in [-0.1, -0.05) is 6.42 Å². The molecule has 3 aromatic rings. The van der Waals surface area contributed by atoms with E-state index in [0.717, 1.165) is 53.2 Å². The molecular weight excluding hydrogens is 530 g/mol. The van der Waals surface area contributed by atoms with Gasteiger partial charge in [-0.25, -0.2) is 0 Å². The summed E-state index contributed by atoms with van der Waals surface area (Å²) in [4.78, 5) is 49.2. The van der Waals surface area contributed by atoms with E-state index in [1.54, 1.807) is 34.8 Å². The summed E-state index contributed by atoms with van der Waals surface area (Å²) in [6, 6.07) is 6.36. The van der Waals surface area contributed by atoms with Crippen molar-refractivity contribution >= 4 is 40.3 Å². The zero-order valence-electron chi connectivity index (χ0n) is 22.6. The van der Waals surface area contributed by atoms with Crippen LogP contribution in [0, 0.1) is 32.6 Å². The number of carbonyl (C=O) groups is 3. The molecule has 0 radical (unpaired) electrons. The Bertz CT molecular complexity index is 1380. The molecule has 5 heterocycles. The van der Waals surface area contributed by atoms with Crippen molar-refractivity contribution in [3.8, 4) is 0 Å². The highest BCUT2D eigenvalue weighted by Crippen LogP contribution is 2.55. The number of aryl methyl sites for hydroxylation is 3. The fourth-order valence-electron chi connectivity index (χ4n) is 6.44. The molecule has 4 atom stereocenters. The maximum Gasteiger partial charge on any atom is 0.246 e. The van der Waals surface area contributed by atoms with Crippen LogP contribution in [0.4, 0.5) is 0 Å². The first-order valence-corrected chi connectivity index (χ1v) is 15.6. The predicted molar refractivity (Wildman–Crippen MR) is 152 cm³/mol. The molecule has 2 aliphatic heterocycles. The molecule has 2 amide bonds. The number of rotatable bonds is 6. The molecule has 206 valence electrons. The van der Waals surface area contributed by atoms with Crippen molar-refractivity contribution in [1.82, 2.24) is 15.1 Å². The number of hydrogen-bond acceptors (Lipinski definition) is 7. The summed E-state index contributed by atoms with van der Waals surface area (Å²) in [7, 11) is 0. The van der Waals surface area contributed by atoms with Crippen molar-refractivity contribution in [3.63, 3.8) is 0 Å². The Hall–Kier alpha value is -2.75. The second kappa shape index (κ2) is 10.7. The van der Waals surface area contributed by atoms with Crippen molar-refractivity contribution in [3.05, 3.63) is 67.4 Å². The maximum atomic E-state index is 14.5. The molecule has 39 heavy (non-hydrogen) atoms. The molecule has 6 rings (SSSR count). The second-order valence-corrected chi connectivity index (χ2v) is 13.0. The monoisotopic (exact) mass is 565 g/mol. The summed E-state index contributed by atoms with van der Waals surface area (Å²) in [6.45, 7) is 8.53. The van der Waals surface area contributed by atoms with Gasteiger partial charge in [0, 0.05) is 47.8 Å². The number of amides is 2. The van der Waals surface area contributed by atoms with Crippen LogP contribution in [0.5, 0.6) is 0 Å². The zero-order chi connectivity index (χ0) is 27.3. The number of carbonyl (C=O) groups excluding carboxylic acids is 3. The average Bonchev–Trinajstić information content (AvgIpc) is 3.68. The van der Waals surface area contributed by atoms with E-state index in [1.807, 2.05) is 53.5 Å². The molecule has 3 aromatic heterocycles. The summed E-state index contributed by atoms with van der Waals surface area (Å²) >= 11 is 3.15. The van der Waals surface area contributed by atoms with Crippen LogP contribution in [-0.2, 0) is 9.59 Å². The van der Waals surface area contributed by atoms with Crippen molar-refractivity contribution in [1.29, 1.82) is 0 Å². The summed E-state index contributed by atoms with van der Waals surface area (Å²) < 4.78 is 5.89. The lowest BCUT2D eigenvalue weighted by Crippen LogP contribution is -2.55. The van der Waals surface area contributed by atoms with Crippen LogP contribution >= 0.6 is 22.7 Å². The van der Waals surface area contributed by atoms with Gasteiger partial charge in [-0.15, -0.1) is 22.7 Å². The van der Waals surface area contributed by atoms with E-state index in [0.29, 0.717) is 24.6 Å². The predicted octanol–water partition coefficient (Wildman–Crippen LogP) is 5.09. The van der Waals surface area contributed by atoms with E-state index in [2.05, 4.69) is 5.32 Å². The van der Waals surface area contributed by atoms with Crippen LogP contribution in [0.15, 0.2) is 39.4 Å². The molecule has 1 N–H and O–H groups in total. The minimum atomic E-state index is -0.745. The number of furan rings is 1. The molecule has 1 aliphatic carbocycles. The van der Waals surface area contributed by atoms with Crippen molar-refractivity contribution in [2.75, 3.05) is 26.2 Å². The lowest BCUT2D eigenvalue weighted by Gasteiger charge is -2.39. The smallest absolute Gasteiger partial charge is 0.246 e. The van der Waals surface area contributed by atoms with Gasteiger partial charge >= 0.3 is 0 Å². The first-order chi connectivity index (χ1) is 18.9. The highest BCUT2D eigenvalue weighted by atomic mass is 32.1. The lowest BCUT2D eigenvalue weighted by molar-refractivity contribution is -0.150. The molecular formula is C30H35N3O4S2. The zero-order valence-corrected chi connectivity index (χ0v) is 24.3. The molecule has 1 saturated carbocycles. The van der Waals surface area contributed by atoms with Crippen molar-refractivity contribution in [2.24, 2.45) is 11.8 Å². The summed E-state index contributed by atoms with van der Waals surface area (Å²) in [6.07, 6.45) is 2.68. The van der Waals surface area contributed by atoms with Gasteiger partial charge in [-0.05, 0) is 79.8 Å². The molecule has 0 bridgehead atoms. The van der Waals surface area contributed by atoms with Gasteiger partial charge in [0.1, 0.15) is 11.8 Å². The molecule has 0 aromatic carbocycles. The van der Waals surface area contributed by atoms with Crippen molar-refractivity contribution in [2.45, 2.75) is 58.0 Å². The van der Waals surface area contributed by atoms with E-state index in [1.165, 1.54) is 0 Å². The number of hydrogen-bond donors (Lipinski definition) is 1. The van der Waals surface area contributed by atoms with Crippen LogP contribution in [0.3, 0.4) is 0 Å². The number of nitrogens with zero attached hydrogens (tertiary/aromatic N) is 2. The minimum absolute atomic E-state index is 0.0117. The van der Waals surface area contributed by atoms with Gasteiger partial charge in [-0.2, -0.15) is 0 Å². The van der Waals surface area contributed by atoms with Gasteiger partial charge in [0.25, 0.3) is 0 Å². The highest BCUT2D eigenvalue weighted by molar-refractivity contribution is 7.10. The number of Topliss-reactive ketones (excluding diaryl/α,β-unsaturated/α-hetero) is 1. The minimum Gasteiger partial charge on any atom is -0.458 e. The first kappa shape index (κ1) is 26.5. The molecule has 7 nitrogen and oxygen atoms in total. The van der Waals surface area contributed by atoms with Gasteiger partial charge in [0.2, 0.25) is 17.6 Å². The standard InChI is InChI=1S/C30H35N3O4S2/c1-17-9-15-38-27(17)23-22(26(34)21-8-7-19(3)37-21)24(28-18(2)10-16-39-28)33(29(35)20-5-4-6-20)25(23)30(36)32-13-11-31-12-14-32/h7-10,15-16,20,22-25,31H,4-6,11-14H2,1-3H3. The third kappa shape index (κ3) is 4.58. The molecule has 4 unspecified atom stereocenters. The lowest BCUT2D eigenvalue weighted by atomic mass is 9.80. The fourth-order valence-corrected chi connectivity index (χ4v) is 8.62. The van der Waals surface area contributed by atoms with Crippen LogP contribution < -0.4 is 5.32 Å². The van der Waals surface area contributed by atoms with E-state index in [4.69, 9.17) is 4.42 Å². The Morgan fingerprint density at radius 2 is 1.56 bits per heavy atom. The van der Waals surface area contributed by atoms with Gasteiger partial charge in [0.05, 0.1) is 12.0 Å². The Morgan fingerprint density at radius 3 is 2.10 bits per heavy atom. The van der Waals surface area contributed by atoms with E-state index in [9.17, 15) is 14.4 Å². The van der Waals surface area contributed by atoms with Gasteiger partial charge < -0.3 is 19.5 Å². The summed E-state index contributed by atoms with van der Waals surface area (Å²) in [5.41, 5.74) is 2.10. The van der Waals surface area contributed by atoms with Crippen molar-refractivity contribution < 1.29 is 18.8 Å². The SMILES string of the molecule is Cc1ccc(C(=O)C2C(c3sccc3C)C(C(=O)N3CCNCC3)N(C(=O)C3CCC3)C2c2sccc2C)o1. The molecule has 0 spiro atoms. The topological polar surface area (TPSA) is 82.9 Å². The van der Waals surface area contributed by atoms with E-state index >= 15 is 0 Å². The Balaban J connectivity index is 1.57. The molecule has 2 saturated heterocycles. The normalized spacial score (nSPS) is 25.6. The van der Waals surface area contributed by atoms with E-state index < -0.39 is 23.9 Å². The van der Waals surface area contributed by atoms with Gasteiger partial charge in [0.15, 0.2) is 5.76 Å². The first-order valence-electron chi connectivity index (χ1n) is 13.9. The number of piperazine rings is 1. The molecule has 9 heteroatoms. The maximum absolute atomic E-state index is 14.5. The van der Waals surface area contributed by atoms with Crippen LogP contribution in [0.2, 0.25) is 0 Å². The fraction of sp³-hybridized carbons (Fsp3) is 0.500. The van der Waals surface area contributed by atoms with Crippen LogP contribution in [-0.4, -0.2) is 59.6 Å². The number of thiophene rings is 2. The second-order valence-electron chi connectivity index (χ2n) is 11.1. The Morgan fingerprint density at radius 1 is 0.897 bits per heavy atom. The molecule has 3 aliphatic rings. The summed E-state index contributed by atoms with van der Waals surface area (Å²) in [5, 5.41) is 7.38. The quantitative estimate of drug-likeness (QED) is 0.421. The third-order valence-corrected chi connectivity index (χ3v) is 10.9. The third-order valence-electron chi connectivity index (χ3n) is 8.72. The largest absolute Gasteiger partial charge is 0.458 e. The average molecular weight is 566 g/mol. The van der Waals surface area contributed by atoms with E-state index in [-0.39, 0.29) is 23.5 Å². The number of nitrogens with one attached hydrogen (secondary N) is 1. The van der Waals surface area contributed by atoms with Crippen LogP contribution in [0.25, 0.3) is 0 Å². The Kier molecular flexibility index (Phi) is 7.24.